The maximum absolute atomic E-state index is 4.28. The quantitative estimate of drug-likeness (QED) is 0.321. The molecule has 1 aromatic carbocycles. The van der Waals surface area contributed by atoms with Gasteiger partial charge in [0.15, 0.2) is 5.96 Å². The SMILES string of the molecule is CN=C(NCCn1cccc1)NCc1cccc(Cn2ccnc2)c1.I. The topological polar surface area (TPSA) is 59.2 Å². The van der Waals surface area contributed by atoms with Gasteiger partial charge in [-0.15, -0.1) is 24.0 Å². The van der Waals surface area contributed by atoms with Gasteiger partial charge in [0.1, 0.15) is 0 Å². The fourth-order valence-corrected chi connectivity index (χ4v) is 2.66. The number of nitrogens with zero attached hydrogens (tertiary/aromatic N) is 4. The lowest BCUT2D eigenvalue weighted by molar-refractivity contribution is 0.665. The van der Waals surface area contributed by atoms with Crippen molar-refractivity contribution in [1.29, 1.82) is 0 Å². The molecule has 2 aromatic heterocycles. The van der Waals surface area contributed by atoms with Gasteiger partial charge < -0.3 is 19.8 Å². The zero-order chi connectivity index (χ0) is 17.3. The van der Waals surface area contributed by atoms with Gasteiger partial charge >= 0.3 is 0 Å². The van der Waals surface area contributed by atoms with Crippen LogP contribution < -0.4 is 10.6 Å². The predicted octanol–water partition coefficient (Wildman–Crippen LogP) is 2.72. The molecule has 2 heterocycles. The van der Waals surface area contributed by atoms with Crippen LogP contribution in [0.1, 0.15) is 11.1 Å². The molecule has 0 saturated carbocycles. The van der Waals surface area contributed by atoms with Crippen LogP contribution >= 0.6 is 24.0 Å². The Kier molecular flexibility index (Phi) is 8.20. The molecule has 0 saturated heterocycles. The normalized spacial score (nSPS) is 11.0. The van der Waals surface area contributed by atoms with Crippen molar-refractivity contribution in [3.8, 4) is 0 Å². The van der Waals surface area contributed by atoms with Gasteiger partial charge in [0.05, 0.1) is 6.33 Å². The highest BCUT2D eigenvalue weighted by molar-refractivity contribution is 14.0. The summed E-state index contributed by atoms with van der Waals surface area (Å²) < 4.78 is 4.20. The van der Waals surface area contributed by atoms with E-state index in [1.54, 1.807) is 13.2 Å². The molecule has 2 N–H and O–H groups in total. The molecule has 6 nitrogen and oxygen atoms in total. The van der Waals surface area contributed by atoms with Gasteiger partial charge in [-0.2, -0.15) is 0 Å². The minimum absolute atomic E-state index is 0. The van der Waals surface area contributed by atoms with Gasteiger partial charge in [-0.1, -0.05) is 24.3 Å². The molecule has 26 heavy (non-hydrogen) atoms. The first-order valence-corrected chi connectivity index (χ1v) is 8.42. The number of hydrogen-bond donors (Lipinski definition) is 2. The van der Waals surface area contributed by atoms with E-state index in [1.807, 2.05) is 24.7 Å². The van der Waals surface area contributed by atoms with Crippen LogP contribution in [0.15, 0.2) is 72.5 Å². The number of nitrogens with one attached hydrogen (secondary N) is 2. The molecular formula is C19H25IN6. The third-order valence-electron chi connectivity index (χ3n) is 3.93. The van der Waals surface area contributed by atoms with Crippen molar-refractivity contribution in [2.45, 2.75) is 19.6 Å². The number of guanidine groups is 1. The highest BCUT2D eigenvalue weighted by Crippen LogP contribution is 2.07. The molecule has 0 fully saturated rings. The zero-order valence-corrected chi connectivity index (χ0v) is 17.2. The number of benzene rings is 1. The van der Waals surface area contributed by atoms with Gasteiger partial charge in [-0.3, -0.25) is 4.99 Å². The average molecular weight is 464 g/mol. The summed E-state index contributed by atoms with van der Waals surface area (Å²) in [5.41, 5.74) is 2.49. The standard InChI is InChI=1S/C19H24N6.HI/c1-20-19(22-8-12-24-9-2-3-10-24)23-14-17-5-4-6-18(13-17)15-25-11-7-21-16-25;/h2-7,9-11,13,16H,8,12,14-15H2,1H3,(H2,20,22,23);1H. The van der Waals surface area contributed by atoms with Gasteiger partial charge in [-0.25, -0.2) is 4.98 Å². The van der Waals surface area contributed by atoms with Crippen molar-refractivity contribution in [3.05, 3.63) is 78.6 Å². The smallest absolute Gasteiger partial charge is 0.191 e. The van der Waals surface area contributed by atoms with Gasteiger partial charge in [0.2, 0.25) is 0 Å². The van der Waals surface area contributed by atoms with Gasteiger partial charge in [0, 0.05) is 58.0 Å². The first-order valence-electron chi connectivity index (χ1n) is 8.42. The summed E-state index contributed by atoms with van der Waals surface area (Å²) in [5.74, 6) is 0.812. The minimum Gasteiger partial charge on any atom is -0.355 e. The van der Waals surface area contributed by atoms with Crippen molar-refractivity contribution in [3.63, 3.8) is 0 Å². The lowest BCUT2D eigenvalue weighted by Crippen LogP contribution is -2.38. The number of aliphatic imine (C=N–C) groups is 1. The highest BCUT2D eigenvalue weighted by atomic mass is 127. The van der Waals surface area contributed by atoms with E-state index < -0.39 is 0 Å². The molecule has 0 atom stereocenters. The summed E-state index contributed by atoms with van der Waals surface area (Å²) in [7, 11) is 1.79. The van der Waals surface area contributed by atoms with Gasteiger partial charge in [0.25, 0.3) is 0 Å². The first-order chi connectivity index (χ1) is 12.3. The fraction of sp³-hybridized carbons (Fsp3) is 0.263. The Hall–Kier alpha value is -2.29. The summed E-state index contributed by atoms with van der Waals surface area (Å²) in [5, 5.41) is 6.70. The van der Waals surface area contributed by atoms with E-state index in [2.05, 4.69) is 66.4 Å². The summed E-state index contributed by atoms with van der Waals surface area (Å²) >= 11 is 0. The third kappa shape index (κ3) is 6.21. The van der Waals surface area contributed by atoms with Crippen LogP contribution in [0.2, 0.25) is 0 Å². The molecule has 0 bridgehead atoms. The lowest BCUT2D eigenvalue weighted by Gasteiger charge is -2.13. The van der Waals surface area contributed by atoms with E-state index in [1.165, 1.54) is 11.1 Å². The molecule has 0 aliphatic heterocycles. The van der Waals surface area contributed by atoms with Gasteiger partial charge in [-0.05, 0) is 23.3 Å². The van der Waals surface area contributed by atoms with Crippen LogP contribution in [-0.2, 0) is 19.6 Å². The Bertz CT molecular complexity index is 780. The van der Waals surface area contributed by atoms with Crippen molar-refractivity contribution < 1.29 is 0 Å². The van der Waals surface area contributed by atoms with Crippen molar-refractivity contribution in [1.82, 2.24) is 24.8 Å². The Labute approximate surface area is 171 Å². The van der Waals surface area contributed by atoms with E-state index in [0.717, 1.165) is 32.1 Å². The number of hydrogen-bond acceptors (Lipinski definition) is 2. The molecule has 0 unspecified atom stereocenters. The number of aromatic nitrogens is 3. The second-order valence-corrected chi connectivity index (χ2v) is 5.83. The molecule has 3 rings (SSSR count). The zero-order valence-electron chi connectivity index (χ0n) is 14.9. The van der Waals surface area contributed by atoms with E-state index in [9.17, 15) is 0 Å². The highest BCUT2D eigenvalue weighted by Gasteiger charge is 2.00. The monoisotopic (exact) mass is 464 g/mol. The van der Waals surface area contributed by atoms with Crippen LogP contribution in [0, 0.1) is 0 Å². The van der Waals surface area contributed by atoms with Crippen LogP contribution in [0.5, 0.6) is 0 Å². The molecule has 7 heteroatoms. The minimum atomic E-state index is 0. The molecule has 0 spiro atoms. The Morgan fingerprint density at radius 1 is 1.04 bits per heavy atom. The Morgan fingerprint density at radius 2 is 1.85 bits per heavy atom. The Balaban J connectivity index is 0.00000243. The molecule has 0 amide bonds. The van der Waals surface area contributed by atoms with Crippen molar-refractivity contribution in [2.75, 3.05) is 13.6 Å². The van der Waals surface area contributed by atoms with E-state index >= 15 is 0 Å². The van der Waals surface area contributed by atoms with E-state index in [0.29, 0.717) is 0 Å². The van der Waals surface area contributed by atoms with Crippen LogP contribution in [-0.4, -0.2) is 33.7 Å². The summed E-state index contributed by atoms with van der Waals surface area (Å²) in [4.78, 5) is 8.36. The van der Waals surface area contributed by atoms with E-state index in [4.69, 9.17) is 0 Å². The molecule has 0 aliphatic rings. The number of halogens is 1. The third-order valence-corrected chi connectivity index (χ3v) is 3.93. The van der Waals surface area contributed by atoms with Crippen LogP contribution in [0.25, 0.3) is 0 Å². The Morgan fingerprint density at radius 3 is 2.58 bits per heavy atom. The van der Waals surface area contributed by atoms with Crippen molar-refractivity contribution >= 4 is 29.9 Å². The average Bonchev–Trinajstić information content (AvgIpc) is 3.32. The lowest BCUT2D eigenvalue weighted by atomic mass is 10.1. The maximum Gasteiger partial charge on any atom is 0.191 e. The largest absolute Gasteiger partial charge is 0.355 e. The first kappa shape index (κ1) is 20.0. The van der Waals surface area contributed by atoms with Crippen molar-refractivity contribution in [2.24, 2.45) is 4.99 Å². The summed E-state index contributed by atoms with van der Waals surface area (Å²) in [6, 6.07) is 12.6. The predicted molar refractivity (Wildman–Crippen MR) is 116 cm³/mol. The maximum atomic E-state index is 4.28. The van der Waals surface area contributed by atoms with Crippen LogP contribution in [0.4, 0.5) is 0 Å². The molecule has 0 radical (unpaired) electrons. The fourth-order valence-electron chi connectivity index (χ4n) is 2.66. The second kappa shape index (κ2) is 10.6. The summed E-state index contributed by atoms with van der Waals surface area (Å²) in [6.07, 6.45) is 9.73. The summed E-state index contributed by atoms with van der Waals surface area (Å²) in [6.45, 7) is 3.31. The van der Waals surface area contributed by atoms with E-state index in [-0.39, 0.29) is 24.0 Å². The molecular weight excluding hydrogens is 439 g/mol. The molecule has 138 valence electrons. The number of imidazole rings is 1. The molecule has 3 aromatic rings. The van der Waals surface area contributed by atoms with Crippen LogP contribution in [0.3, 0.4) is 0 Å². The number of rotatable bonds is 7. The second-order valence-electron chi connectivity index (χ2n) is 5.83. The molecule has 0 aliphatic carbocycles.